The van der Waals surface area contributed by atoms with Gasteiger partial charge in [0.25, 0.3) is 0 Å². The van der Waals surface area contributed by atoms with Crippen LogP contribution in [0.25, 0.3) is 0 Å². The van der Waals surface area contributed by atoms with Crippen LogP contribution in [0.2, 0.25) is 0 Å². The Morgan fingerprint density at radius 1 is 1.06 bits per heavy atom. The van der Waals surface area contributed by atoms with Crippen molar-refractivity contribution in [1.82, 2.24) is 4.98 Å². The van der Waals surface area contributed by atoms with E-state index in [1.165, 1.54) is 18.3 Å². The normalized spacial score (nSPS) is 12.5. The molecule has 1 aromatic carbocycles. The molecule has 2 aromatic rings. The zero-order valence-corrected chi connectivity index (χ0v) is 8.70. The van der Waals surface area contributed by atoms with Gasteiger partial charge in [-0.05, 0) is 30.3 Å². The minimum atomic E-state index is -1.13. The van der Waals surface area contributed by atoms with Gasteiger partial charge in [-0.15, -0.1) is 0 Å². The van der Waals surface area contributed by atoms with E-state index in [0.717, 1.165) is 18.2 Å². The van der Waals surface area contributed by atoms with Crippen LogP contribution in [0, 0.1) is 17.5 Å². The highest BCUT2D eigenvalue weighted by Crippen LogP contribution is 2.23. The molecule has 0 aliphatic carbocycles. The summed E-state index contributed by atoms with van der Waals surface area (Å²) in [4.78, 5) is 3.74. The molecule has 1 atom stereocenters. The quantitative estimate of drug-likeness (QED) is 0.873. The molecule has 1 unspecified atom stereocenters. The number of pyridine rings is 1. The van der Waals surface area contributed by atoms with Crippen LogP contribution in [0.3, 0.4) is 0 Å². The summed E-state index contributed by atoms with van der Waals surface area (Å²) in [5.74, 6) is -1.97. The molecule has 0 fully saturated rings. The lowest BCUT2D eigenvalue weighted by atomic mass is 10.0. The Balaban J connectivity index is 2.47. The Morgan fingerprint density at radius 3 is 2.53 bits per heavy atom. The second kappa shape index (κ2) is 4.55. The van der Waals surface area contributed by atoms with Gasteiger partial charge in [0.05, 0.1) is 11.7 Å². The first-order valence-electron chi connectivity index (χ1n) is 4.90. The molecule has 0 aliphatic rings. The van der Waals surface area contributed by atoms with Crippen molar-refractivity contribution in [3.8, 4) is 0 Å². The highest BCUT2D eigenvalue weighted by Gasteiger charge is 2.18. The molecule has 0 aliphatic heterocycles. The Kier molecular flexibility index (Phi) is 3.10. The van der Waals surface area contributed by atoms with Gasteiger partial charge < -0.3 is 5.73 Å². The fourth-order valence-electron chi connectivity index (χ4n) is 1.53. The lowest BCUT2D eigenvalue weighted by molar-refractivity contribution is 0.554. The molecule has 2 N–H and O–H groups in total. The first-order valence-corrected chi connectivity index (χ1v) is 4.90. The minimum Gasteiger partial charge on any atom is -0.319 e. The van der Waals surface area contributed by atoms with Crippen molar-refractivity contribution < 1.29 is 13.2 Å². The highest BCUT2D eigenvalue weighted by molar-refractivity contribution is 5.29. The monoisotopic (exact) mass is 238 g/mol. The smallest absolute Gasteiger partial charge is 0.146 e. The van der Waals surface area contributed by atoms with Crippen LogP contribution in [-0.2, 0) is 0 Å². The summed E-state index contributed by atoms with van der Waals surface area (Å²) in [5.41, 5.74) is 5.44. The largest absolute Gasteiger partial charge is 0.319 e. The molecule has 2 nitrogen and oxygen atoms in total. The summed E-state index contributed by atoms with van der Waals surface area (Å²) < 4.78 is 39.8. The number of halogens is 3. The van der Waals surface area contributed by atoms with E-state index in [0.29, 0.717) is 0 Å². The topological polar surface area (TPSA) is 38.9 Å². The summed E-state index contributed by atoms with van der Waals surface area (Å²) in [6, 6.07) is 4.29. The lowest BCUT2D eigenvalue weighted by Gasteiger charge is -2.13. The maximum atomic E-state index is 13.4. The van der Waals surface area contributed by atoms with Crippen molar-refractivity contribution in [2.45, 2.75) is 6.04 Å². The number of benzene rings is 1. The molecule has 0 amide bonds. The van der Waals surface area contributed by atoms with Crippen molar-refractivity contribution in [2.24, 2.45) is 5.73 Å². The van der Waals surface area contributed by atoms with Crippen LogP contribution < -0.4 is 5.73 Å². The number of hydrogen-bond acceptors (Lipinski definition) is 2. The Labute approximate surface area is 95.9 Å². The Morgan fingerprint density at radius 2 is 1.82 bits per heavy atom. The molecule has 1 heterocycles. The van der Waals surface area contributed by atoms with Crippen molar-refractivity contribution in [3.05, 3.63) is 65.2 Å². The van der Waals surface area contributed by atoms with Crippen LogP contribution >= 0.6 is 0 Å². The molecule has 1 aromatic heterocycles. The average Bonchev–Trinajstić information content (AvgIpc) is 2.32. The van der Waals surface area contributed by atoms with Crippen LogP contribution in [0.15, 0.2) is 36.5 Å². The summed E-state index contributed by atoms with van der Waals surface area (Å²) in [6.07, 6.45) is 1.34. The second-order valence-electron chi connectivity index (χ2n) is 3.51. The maximum Gasteiger partial charge on any atom is 0.146 e. The fraction of sp³-hybridized carbons (Fsp3) is 0.0833. The number of nitrogens with zero attached hydrogens (tertiary/aromatic N) is 1. The van der Waals surface area contributed by atoms with E-state index in [-0.39, 0.29) is 11.3 Å². The van der Waals surface area contributed by atoms with Gasteiger partial charge in [0.1, 0.15) is 17.5 Å². The standard InChI is InChI=1S/C12H9F3N2/c13-7-3-4-9(14)8(6-7)11(16)12-10(15)2-1-5-17-12/h1-6,11H,16H2. The van der Waals surface area contributed by atoms with E-state index < -0.39 is 23.5 Å². The first kappa shape index (κ1) is 11.6. The molecular weight excluding hydrogens is 229 g/mol. The van der Waals surface area contributed by atoms with Crippen LogP contribution in [0.5, 0.6) is 0 Å². The third-order valence-corrected chi connectivity index (χ3v) is 2.37. The number of hydrogen-bond donors (Lipinski definition) is 1. The van der Waals surface area contributed by atoms with Crippen molar-refractivity contribution >= 4 is 0 Å². The van der Waals surface area contributed by atoms with Gasteiger partial charge in [0.2, 0.25) is 0 Å². The predicted molar refractivity (Wildman–Crippen MR) is 56.6 cm³/mol. The van der Waals surface area contributed by atoms with E-state index in [9.17, 15) is 13.2 Å². The molecule has 88 valence electrons. The van der Waals surface area contributed by atoms with Gasteiger partial charge >= 0.3 is 0 Å². The predicted octanol–water partition coefficient (Wildman–Crippen LogP) is 2.55. The fourth-order valence-corrected chi connectivity index (χ4v) is 1.53. The molecular formula is C12H9F3N2. The Hall–Kier alpha value is -1.88. The molecule has 0 spiro atoms. The molecule has 17 heavy (non-hydrogen) atoms. The van der Waals surface area contributed by atoms with E-state index in [2.05, 4.69) is 4.98 Å². The van der Waals surface area contributed by atoms with Gasteiger partial charge in [-0.1, -0.05) is 0 Å². The van der Waals surface area contributed by atoms with Gasteiger partial charge in [-0.3, -0.25) is 4.98 Å². The zero-order chi connectivity index (χ0) is 12.4. The van der Waals surface area contributed by atoms with Gasteiger partial charge in [-0.2, -0.15) is 0 Å². The van der Waals surface area contributed by atoms with Gasteiger partial charge in [0, 0.05) is 11.8 Å². The molecule has 0 saturated heterocycles. The van der Waals surface area contributed by atoms with E-state index in [1.807, 2.05) is 0 Å². The maximum absolute atomic E-state index is 13.4. The average molecular weight is 238 g/mol. The van der Waals surface area contributed by atoms with Crippen molar-refractivity contribution in [1.29, 1.82) is 0 Å². The van der Waals surface area contributed by atoms with Crippen LogP contribution in [-0.4, -0.2) is 4.98 Å². The highest BCUT2D eigenvalue weighted by atomic mass is 19.1. The van der Waals surface area contributed by atoms with Crippen LogP contribution in [0.1, 0.15) is 17.3 Å². The molecule has 0 radical (unpaired) electrons. The first-order chi connectivity index (χ1) is 8.09. The minimum absolute atomic E-state index is 0.114. The summed E-state index contributed by atoms with van der Waals surface area (Å²) in [6.45, 7) is 0. The van der Waals surface area contributed by atoms with Crippen LogP contribution in [0.4, 0.5) is 13.2 Å². The summed E-state index contributed by atoms with van der Waals surface area (Å²) in [5, 5.41) is 0. The molecule has 0 bridgehead atoms. The third kappa shape index (κ3) is 2.29. The van der Waals surface area contributed by atoms with Crippen molar-refractivity contribution in [3.63, 3.8) is 0 Å². The molecule has 0 saturated carbocycles. The summed E-state index contributed by atoms with van der Waals surface area (Å²) in [7, 11) is 0. The van der Waals surface area contributed by atoms with E-state index in [4.69, 9.17) is 5.73 Å². The zero-order valence-electron chi connectivity index (χ0n) is 8.70. The number of nitrogens with two attached hydrogens (primary N) is 1. The van der Waals surface area contributed by atoms with E-state index >= 15 is 0 Å². The molecule has 5 heteroatoms. The summed E-state index contributed by atoms with van der Waals surface area (Å²) >= 11 is 0. The SMILES string of the molecule is NC(c1cc(F)ccc1F)c1ncccc1F. The lowest BCUT2D eigenvalue weighted by Crippen LogP contribution is -2.17. The number of aromatic nitrogens is 1. The van der Waals surface area contributed by atoms with E-state index in [1.54, 1.807) is 0 Å². The second-order valence-corrected chi connectivity index (χ2v) is 3.51. The van der Waals surface area contributed by atoms with Gasteiger partial charge in [-0.25, -0.2) is 13.2 Å². The third-order valence-electron chi connectivity index (χ3n) is 2.37. The Bertz CT molecular complexity index is 543. The molecule has 2 rings (SSSR count). The number of rotatable bonds is 2. The van der Waals surface area contributed by atoms with Gasteiger partial charge in [0.15, 0.2) is 0 Å². The van der Waals surface area contributed by atoms with Crippen molar-refractivity contribution in [2.75, 3.05) is 0 Å².